The molecule has 0 aliphatic rings. The summed E-state index contributed by atoms with van der Waals surface area (Å²) in [4.78, 5) is 29.3. The van der Waals surface area contributed by atoms with Gasteiger partial charge in [0, 0.05) is 18.0 Å². The van der Waals surface area contributed by atoms with Gasteiger partial charge >= 0.3 is 11.9 Å². The third kappa shape index (κ3) is 6.24. The van der Waals surface area contributed by atoms with Crippen molar-refractivity contribution in [1.82, 2.24) is 9.55 Å². The van der Waals surface area contributed by atoms with Crippen molar-refractivity contribution in [2.24, 2.45) is 0 Å². The smallest absolute Gasteiger partial charge is 0.329 e. The molecule has 2 aromatic rings. The number of ether oxygens (including phenoxy) is 2. The molecule has 146 valence electrons. The molecule has 0 saturated heterocycles. The SMILES string of the molecule is CCCCOC(=O)CC(C(=O)OCCCC)n1ccnc1-c1ccccc1. The van der Waals surface area contributed by atoms with Gasteiger partial charge in [0.25, 0.3) is 0 Å². The molecule has 6 nitrogen and oxygen atoms in total. The van der Waals surface area contributed by atoms with Crippen LogP contribution in [-0.4, -0.2) is 34.7 Å². The number of nitrogens with zero attached hydrogens (tertiary/aromatic N) is 2. The highest BCUT2D eigenvalue weighted by molar-refractivity contribution is 5.82. The van der Waals surface area contributed by atoms with Crippen LogP contribution in [-0.2, 0) is 19.1 Å². The van der Waals surface area contributed by atoms with Gasteiger partial charge in [-0.25, -0.2) is 9.78 Å². The van der Waals surface area contributed by atoms with Crippen LogP contribution in [0.2, 0.25) is 0 Å². The number of rotatable bonds is 11. The maximum atomic E-state index is 12.7. The second kappa shape index (κ2) is 11.2. The van der Waals surface area contributed by atoms with E-state index in [9.17, 15) is 9.59 Å². The summed E-state index contributed by atoms with van der Waals surface area (Å²) in [5.41, 5.74) is 0.869. The molecule has 1 heterocycles. The Labute approximate surface area is 160 Å². The monoisotopic (exact) mass is 372 g/mol. The van der Waals surface area contributed by atoms with Crippen molar-refractivity contribution in [3.05, 3.63) is 42.7 Å². The molecule has 0 aliphatic carbocycles. The average molecular weight is 372 g/mol. The summed E-state index contributed by atoms with van der Waals surface area (Å²) < 4.78 is 12.3. The lowest BCUT2D eigenvalue weighted by atomic mass is 10.1. The van der Waals surface area contributed by atoms with Gasteiger partial charge in [-0.15, -0.1) is 0 Å². The highest BCUT2D eigenvalue weighted by atomic mass is 16.5. The van der Waals surface area contributed by atoms with Crippen LogP contribution >= 0.6 is 0 Å². The average Bonchev–Trinajstić information content (AvgIpc) is 3.16. The quantitative estimate of drug-likeness (QED) is 0.437. The second-order valence-corrected chi connectivity index (χ2v) is 6.34. The van der Waals surface area contributed by atoms with Gasteiger partial charge < -0.3 is 14.0 Å². The molecule has 0 radical (unpaired) electrons. The van der Waals surface area contributed by atoms with Gasteiger partial charge in [-0.05, 0) is 12.8 Å². The Morgan fingerprint density at radius 3 is 2.37 bits per heavy atom. The molecule has 1 aromatic heterocycles. The first-order valence-electron chi connectivity index (χ1n) is 9.57. The highest BCUT2D eigenvalue weighted by Gasteiger charge is 2.28. The molecule has 0 amide bonds. The molecular weight excluding hydrogens is 344 g/mol. The Morgan fingerprint density at radius 2 is 1.70 bits per heavy atom. The number of carbonyl (C=O) groups is 2. The number of esters is 2. The van der Waals surface area contributed by atoms with Crippen molar-refractivity contribution in [3.63, 3.8) is 0 Å². The Hall–Kier alpha value is -2.63. The van der Waals surface area contributed by atoms with Crippen LogP contribution in [0.4, 0.5) is 0 Å². The van der Waals surface area contributed by atoms with E-state index < -0.39 is 18.0 Å². The van der Waals surface area contributed by atoms with E-state index in [4.69, 9.17) is 9.47 Å². The molecule has 0 bridgehead atoms. The lowest BCUT2D eigenvalue weighted by Crippen LogP contribution is -2.26. The molecule has 1 atom stereocenters. The van der Waals surface area contributed by atoms with Crippen molar-refractivity contribution in [3.8, 4) is 11.4 Å². The fourth-order valence-electron chi connectivity index (χ4n) is 2.63. The van der Waals surface area contributed by atoms with Crippen molar-refractivity contribution >= 4 is 11.9 Å². The van der Waals surface area contributed by atoms with Crippen molar-refractivity contribution in [2.75, 3.05) is 13.2 Å². The number of hydrogen-bond donors (Lipinski definition) is 0. The van der Waals surface area contributed by atoms with E-state index in [0.717, 1.165) is 31.2 Å². The molecule has 1 unspecified atom stereocenters. The van der Waals surface area contributed by atoms with Crippen LogP contribution < -0.4 is 0 Å². The summed E-state index contributed by atoms with van der Waals surface area (Å²) >= 11 is 0. The van der Waals surface area contributed by atoms with Gasteiger partial charge in [0.15, 0.2) is 0 Å². The molecule has 27 heavy (non-hydrogen) atoms. The summed E-state index contributed by atoms with van der Waals surface area (Å²) in [5, 5.41) is 0. The van der Waals surface area contributed by atoms with Crippen molar-refractivity contribution in [1.29, 1.82) is 0 Å². The van der Waals surface area contributed by atoms with Gasteiger partial charge in [-0.1, -0.05) is 57.0 Å². The second-order valence-electron chi connectivity index (χ2n) is 6.34. The summed E-state index contributed by atoms with van der Waals surface area (Å²) in [6.07, 6.45) is 6.70. The third-order valence-electron chi connectivity index (χ3n) is 4.17. The molecule has 0 aliphatic heterocycles. The van der Waals surface area contributed by atoms with E-state index in [1.165, 1.54) is 0 Å². The minimum Gasteiger partial charge on any atom is -0.466 e. The molecule has 2 rings (SSSR count). The van der Waals surface area contributed by atoms with Gasteiger partial charge in [0.2, 0.25) is 0 Å². The number of unbranched alkanes of at least 4 members (excludes halogenated alkanes) is 2. The summed E-state index contributed by atoms with van der Waals surface area (Å²) in [5.74, 6) is -0.228. The van der Waals surface area contributed by atoms with Crippen molar-refractivity contribution in [2.45, 2.75) is 52.0 Å². The fraction of sp³-hybridized carbons (Fsp3) is 0.476. The topological polar surface area (TPSA) is 70.4 Å². The largest absolute Gasteiger partial charge is 0.466 e. The third-order valence-corrected chi connectivity index (χ3v) is 4.17. The molecule has 0 spiro atoms. The molecule has 6 heteroatoms. The minimum absolute atomic E-state index is 0.0785. The first kappa shape index (κ1) is 20.7. The Kier molecular flexibility index (Phi) is 8.55. The van der Waals surface area contributed by atoms with E-state index >= 15 is 0 Å². The first-order valence-corrected chi connectivity index (χ1v) is 9.57. The lowest BCUT2D eigenvalue weighted by molar-refractivity contribution is -0.154. The predicted molar refractivity (Wildman–Crippen MR) is 103 cm³/mol. The molecular formula is C21H28N2O4. The highest BCUT2D eigenvalue weighted by Crippen LogP contribution is 2.24. The lowest BCUT2D eigenvalue weighted by Gasteiger charge is -2.19. The van der Waals surface area contributed by atoms with Gasteiger partial charge in [-0.3, -0.25) is 4.79 Å². The standard InChI is InChI=1S/C21H28N2O4/c1-3-5-14-26-19(24)16-18(21(25)27-15-6-4-2)23-13-12-22-20(23)17-10-8-7-9-11-17/h7-13,18H,3-6,14-16H2,1-2H3. The van der Waals surface area contributed by atoms with Gasteiger partial charge in [0.05, 0.1) is 19.6 Å². The molecule has 0 fully saturated rings. The van der Waals surface area contributed by atoms with Crippen LogP contribution in [0.25, 0.3) is 11.4 Å². The van der Waals surface area contributed by atoms with E-state index in [0.29, 0.717) is 19.0 Å². The summed E-state index contributed by atoms with van der Waals surface area (Å²) in [6.45, 7) is 4.76. The minimum atomic E-state index is -0.798. The summed E-state index contributed by atoms with van der Waals surface area (Å²) in [6, 6.07) is 8.76. The Balaban J connectivity index is 2.20. The number of hydrogen-bond acceptors (Lipinski definition) is 5. The van der Waals surface area contributed by atoms with Gasteiger partial charge in [0.1, 0.15) is 11.9 Å². The normalized spacial score (nSPS) is 11.8. The van der Waals surface area contributed by atoms with Crippen LogP contribution in [0.5, 0.6) is 0 Å². The fourth-order valence-corrected chi connectivity index (χ4v) is 2.63. The van der Waals surface area contributed by atoms with Gasteiger partial charge in [-0.2, -0.15) is 0 Å². The van der Waals surface area contributed by atoms with Crippen LogP contribution in [0.1, 0.15) is 52.0 Å². The van der Waals surface area contributed by atoms with Crippen LogP contribution in [0.3, 0.4) is 0 Å². The maximum absolute atomic E-state index is 12.7. The number of benzene rings is 1. The van der Waals surface area contributed by atoms with Crippen LogP contribution in [0, 0.1) is 0 Å². The van der Waals surface area contributed by atoms with E-state index in [2.05, 4.69) is 4.98 Å². The zero-order chi connectivity index (χ0) is 19.5. The zero-order valence-electron chi connectivity index (χ0n) is 16.1. The first-order chi connectivity index (χ1) is 13.2. The number of aromatic nitrogens is 2. The maximum Gasteiger partial charge on any atom is 0.329 e. The molecule has 1 aromatic carbocycles. The zero-order valence-corrected chi connectivity index (χ0v) is 16.1. The molecule has 0 N–H and O–H groups in total. The van der Waals surface area contributed by atoms with E-state index in [1.54, 1.807) is 17.0 Å². The number of imidazole rings is 1. The van der Waals surface area contributed by atoms with E-state index in [1.807, 2.05) is 44.2 Å². The Morgan fingerprint density at radius 1 is 1.04 bits per heavy atom. The van der Waals surface area contributed by atoms with E-state index in [-0.39, 0.29) is 6.42 Å². The summed E-state index contributed by atoms with van der Waals surface area (Å²) in [7, 11) is 0. The van der Waals surface area contributed by atoms with Crippen LogP contribution in [0.15, 0.2) is 42.7 Å². The molecule has 0 saturated carbocycles. The Bertz CT molecular complexity index is 712. The number of carbonyl (C=O) groups excluding carboxylic acids is 2. The predicted octanol–water partition coefficient (Wildman–Crippen LogP) is 4.17. The van der Waals surface area contributed by atoms with Crippen molar-refractivity contribution < 1.29 is 19.1 Å².